The van der Waals surface area contributed by atoms with Gasteiger partial charge in [-0.1, -0.05) is 45.7 Å². The molecule has 1 aliphatic carbocycles. The molecule has 9 nitrogen and oxygen atoms in total. The van der Waals surface area contributed by atoms with Crippen LogP contribution in [-0.4, -0.2) is 45.0 Å². The summed E-state index contributed by atoms with van der Waals surface area (Å²) in [4.78, 5) is 35.8. The van der Waals surface area contributed by atoms with Gasteiger partial charge in [0.1, 0.15) is 16.8 Å². The minimum Gasteiger partial charge on any atom is -0.454 e. The van der Waals surface area contributed by atoms with Gasteiger partial charge in [0.2, 0.25) is 10.0 Å². The minimum atomic E-state index is -4.35. The molecule has 0 heterocycles. The number of benzene rings is 1. The molecule has 0 aliphatic heterocycles. The van der Waals surface area contributed by atoms with Crippen LogP contribution in [0.1, 0.15) is 46.5 Å². The first-order chi connectivity index (χ1) is 15.0. The van der Waals surface area contributed by atoms with Gasteiger partial charge < -0.3 is 10.1 Å². The summed E-state index contributed by atoms with van der Waals surface area (Å²) in [5.41, 5.74) is 0. The first-order valence-corrected chi connectivity index (χ1v) is 12.0. The highest BCUT2D eigenvalue weighted by atomic mass is 32.2. The van der Waals surface area contributed by atoms with Crippen molar-refractivity contribution in [1.82, 2.24) is 15.4 Å². The van der Waals surface area contributed by atoms with Gasteiger partial charge in [-0.2, -0.15) is 4.72 Å². The SMILES string of the molecule is CC(C)C(NS(=O)(=O)c1ccccc1F)C(=O)OCC(=O)NC(=O)NC1CCCCC1C. The monoisotopic (exact) mass is 471 g/mol. The topological polar surface area (TPSA) is 131 Å². The van der Waals surface area contributed by atoms with Crippen molar-refractivity contribution in [2.75, 3.05) is 6.61 Å². The molecular weight excluding hydrogens is 441 g/mol. The van der Waals surface area contributed by atoms with E-state index >= 15 is 0 Å². The molecule has 0 spiro atoms. The van der Waals surface area contributed by atoms with Crippen molar-refractivity contribution < 1.29 is 31.9 Å². The normalized spacial score (nSPS) is 19.8. The first kappa shape index (κ1) is 25.7. The Morgan fingerprint density at radius 1 is 1.16 bits per heavy atom. The maximum Gasteiger partial charge on any atom is 0.324 e. The lowest BCUT2D eigenvalue weighted by atomic mass is 9.86. The van der Waals surface area contributed by atoms with E-state index in [9.17, 15) is 27.2 Å². The van der Waals surface area contributed by atoms with Gasteiger partial charge >= 0.3 is 12.0 Å². The zero-order valence-corrected chi connectivity index (χ0v) is 19.2. The standard InChI is InChI=1S/C21H30FN3O6S/c1-13(2)19(25-32(29,30)17-11-7-5-9-15(17)22)20(27)31-12-18(26)24-21(28)23-16-10-6-4-8-14(16)3/h5,7,9,11,13-14,16,19,25H,4,6,8,10,12H2,1-3H3,(H2,23,24,26,28). The molecular formula is C21H30FN3O6S. The number of rotatable bonds is 8. The molecule has 1 fully saturated rings. The third kappa shape index (κ3) is 7.27. The predicted octanol–water partition coefficient (Wildman–Crippen LogP) is 2.08. The van der Waals surface area contributed by atoms with Crippen molar-refractivity contribution in [1.29, 1.82) is 0 Å². The molecule has 2 rings (SSSR count). The number of urea groups is 1. The van der Waals surface area contributed by atoms with E-state index in [2.05, 4.69) is 15.4 Å². The van der Waals surface area contributed by atoms with E-state index in [1.54, 1.807) is 13.8 Å². The van der Waals surface area contributed by atoms with Crippen molar-refractivity contribution in [3.8, 4) is 0 Å². The van der Waals surface area contributed by atoms with Crippen molar-refractivity contribution in [3.63, 3.8) is 0 Å². The Kier molecular flexibility index (Phi) is 9.14. The highest BCUT2D eigenvalue weighted by molar-refractivity contribution is 7.89. The Bertz CT molecular complexity index is 937. The zero-order chi connectivity index (χ0) is 23.9. The molecule has 3 amide bonds. The summed E-state index contributed by atoms with van der Waals surface area (Å²) in [5, 5.41) is 4.84. The molecule has 0 aromatic heterocycles. The molecule has 3 unspecified atom stereocenters. The third-order valence-electron chi connectivity index (χ3n) is 5.36. The number of hydrogen-bond acceptors (Lipinski definition) is 6. The number of esters is 1. The lowest BCUT2D eigenvalue weighted by molar-refractivity contribution is -0.150. The molecule has 1 aromatic rings. The summed E-state index contributed by atoms with van der Waals surface area (Å²) < 4.78 is 45.9. The number of amides is 3. The number of halogens is 1. The van der Waals surface area contributed by atoms with Crippen LogP contribution in [0.2, 0.25) is 0 Å². The van der Waals surface area contributed by atoms with Crippen LogP contribution in [0.5, 0.6) is 0 Å². The van der Waals surface area contributed by atoms with Crippen LogP contribution < -0.4 is 15.4 Å². The van der Waals surface area contributed by atoms with Crippen LogP contribution >= 0.6 is 0 Å². The Labute approximate surface area is 187 Å². The van der Waals surface area contributed by atoms with Gasteiger partial charge in [0.25, 0.3) is 5.91 Å². The Hall–Kier alpha value is -2.53. The second-order valence-electron chi connectivity index (χ2n) is 8.27. The minimum absolute atomic E-state index is 0.0304. The molecule has 3 N–H and O–H groups in total. The van der Waals surface area contributed by atoms with E-state index in [1.807, 2.05) is 6.92 Å². The van der Waals surface area contributed by atoms with Crippen LogP contribution in [0.3, 0.4) is 0 Å². The number of imide groups is 1. The summed E-state index contributed by atoms with van der Waals surface area (Å²) >= 11 is 0. The van der Waals surface area contributed by atoms with Gasteiger partial charge in [0.05, 0.1) is 0 Å². The third-order valence-corrected chi connectivity index (χ3v) is 6.83. The van der Waals surface area contributed by atoms with Gasteiger partial charge in [-0.3, -0.25) is 14.9 Å². The molecule has 0 bridgehead atoms. The molecule has 1 aromatic carbocycles. The maximum absolute atomic E-state index is 13.9. The van der Waals surface area contributed by atoms with Crippen molar-refractivity contribution in [2.45, 2.75) is 63.4 Å². The van der Waals surface area contributed by atoms with Crippen LogP contribution in [0.15, 0.2) is 29.2 Å². The Morgan fingerprint density at radius 3 is 2.44 bits per heavy atom. The van der Waals surface area contributed by atoms with E-state index in [-0.39, 0.29) is 6.04 Å². The number of nitrogens with one attached hydrogen (secondary N) is 3. The number of ether oxygens (including phenoxy) is 1. The predicted molar refractivity (Wildman–Crippen MR) is 114 cm³/mol. The molecule has 11 heteroatoms. The molecule has 32 heavy (non-hydrogen) atoms. The number of sulfonamides is 1. The lowest BCUT2D eigenvalue weighted by Crippen LogP contribution is -2.49. The lowest BCUT2D eigenvalue weighted by Gasteiger charge is -2.29. The number of carbonyl (C=O) groups is 3. The Morgan fingerprint density at radius 2 is 1.81 bits per heavy atom. The highest BCUT2D eigenvalue weighted by Gasteiger charge is 2.31. The second kappa shape index (κ2) is 11.4. The van der Waals surface area contributed by atoms with Crippen molar-refractivity contribution in [3.05, 3.63) is 30.1 Å². The van der Waals surface area contributed by atoms with Gasteiger partial charge in [0, 0.05) is 6.04 Å². The molecule has 1 saturated carbocycles. The van der Waals surface area contributed by atoms with E-state index in [1.165, 1.54) is 12.1 Å². The molecule has 0 radical (unpaired) electrons. The van der Waals surface area contributed by atoms with Gasteiger partial charge in [-0.05, 0) is 36.8 Å². The first-order valence-electron chi connectivity index (χ1n) is 10.5. The van der Waals surface area contributed by atoms with Gasteiger partial charge in [0.15, 0.2) is 6.61 Å². The van der Waals surface area contributed by atoms with Crippen LogP contribution in [0.25, 0.3) is 0 Å². The Balaban J connectivity index is 1.90. The summed E-state index contributed by atoms with van der Waals surface area (Å²) in [6, 6.07) is 2.68. The molecule has 1 aliphatic rings. The average molecular weight is 472 g/mol. The van der Waals surface area contributed by atoms with Crippen molar-refractivity contribution in [2.24, 2.45) is 11.8 Å². The fraction of sp³-hybridized carbons (Fsp3) is 0.571. The van der Waals surface area contributed by atoms with Gasteiger partial charge in [-0.15, -0.1) is 0 Å². The zero-order valence-electron chi connectivity index (χ0n) is 18.4. The highest BCUT2D eigenvalue weighted by Crippen LogP contribution is 2.23. The summed E-state index contributed by atoms with van der Waals surface area (Å²) in [6.45, 7) is 4.39. The molecule has 3 atom stereocenters. The fourth-order valence-corrected chi connectivity index (χ4v) is 4.89. The summed E-state index contributed by atoms with van der Waals surface area (Å²) in [6.07, 6.45) is 3.93. The maximum atomic E-state index is 13.9. The average Bonchev–Trinajstić information content (AvgIpc) is 2.72. The smallest absolute Gasteiger partial charge is 0.324 e. The molecule has 0 saturated heterocycles. The summed E-state index contributed by atoms with van der Waals surface area (Å²) in [7, 11) is -4.35. The quantitative estimate of drug-likeness (QED) is 0.498. The molecule has 178 valence electrons. The largest absolute Gasteiger partial charge is 0.454 e. The van der Waals surface area contributed by atoms with E-state index < -0.39 is 57.2 Å². The van der Waals surface area contributed by atoms with E-state index in [4.69, 9.17) is 4.74 Å². The van der Waals surface area contributed by atoms with Crippen molar-refractivity contribution >= 4 is 27.9 Å². The number of hydrogen-bond donors (Lipinski definition) is 3. The van der Waals surface area contributed by atoms with E-state index in [0.717, 1.165) is 37.8 Å². The van der Waals surface area contributed by atoms with Crippen LogP contribution in [-0.2, 0) is 24.3 Å². The number of carbonyl (C=O) groups excluding carboxylic acids is 3. The fourth-order valence-electron chi connectivity index (χ4n) is 3.47. The van der Waals surface area contributed by atoms with E-state index in [0.29, 0.717) is 5.92 Å². The van der Waals surface area contributed by atoms with Gasteiger partial charge in [-0.25, -0.2) is 17.6 Å². The second-order valence-corrected chi connectivity index (χ2v) is 9.95. The van der Waals surface area contributed by atoms with Crippen LogP contribution in [0.4, 0.5) is 9.18 Å². The van der Waals surface area contributed by atoms with Crippen LogP contribution in [0, 0.1) is 17.7 Å². The summed E-state index contributed by atoms with van der Waals surface area (Å²) in [5.74, 6) is -3.08.